The number of hydrogen-bond donors (Lipinski definition) is 0. The maximum Gasteiger partial charge on any atom is 0.327 e. The molecule has 1 atom stereocenters. The van der Waals surface area contributed by atoms with Crippen molar-refractivity contribution in [2.75, 3.05) is 4.90 Å². The Balaban J connectivity index is 1.02. The molecule has 0 amide bonds. The quantitative estimate of drug-likeness (QED) is 0.165. The first-order valence-electron chi connectivity index (χ1n) is 21.5. The molecule has 0 saturated heterocycles. The second-order valence-electron chi connectivity index (χ2n) is 16.6. The number of hydrogen-bond acceptors (Lipinski definition) is 6. The minimum Gasteiger partial charge on any atom is -0.456 e. The van der Waals surface area contributed by atoms with E-state index in [9.17, 15) is 0 Å². The number of furan rings is 1. The van der Waals surface area contributed by atoms with Gasteiger partial charge in [-0.3, -0.25) is 19.8 Å². The number of pyridine rings is 4. The molecule has 0 saturated carbocycles. The van der Waals surface area contributed by atoms with Gasteiger partial charge in [0.25, 0.3) is 0 Å². The molecule has 2 aliphatic carbocycles. The van der Waals surface area contributed by atoms with Crippen LogP contribution in [0.4, 0.5) is 17.2 Å². The maximum absolute atomic E-state index is 7.06. The van der Waals surface area contributed by atoms with Crippen molar-refractivity contribution in [1.82, 2.24) is 15.0 Å². The third-order valence-electron chi connectivity index (χ3n) is 13.4. The van der Waals surface area contributed by atoms with Crippen LogP contribution >= 0.6 is 0 Å². The monoisotopic (exact) mass is 820 g/mol. The summed E-state index contributed by atoms with van der Waals surface area (Å²) >= 11 is 0. The molecule has 0 radical (unpaired) electrons. The standard InChI is InChI=1S/C57H34N5O2/c1-3-12-45-43(10-1)54-41(39-32-37(35-22-27-58-28-23-35)31-38(33-39)36-24-29-59-30-25-36)11-7-13-46(54)57(45)47-14-8-26-60-55(47)56-48(57)19-21-53-61(49-15-4-6-17-52(49)64-62(53)56)40-18-20-51-44(34-40)42-9-2-5-16-50(42)63-51/h1-34H/q+1. The van der Waals surface area contributed by atoms with Gasteiger partial charge in [-0.15, -0.1) is 0 Å². The lowest BCUT2D eigenvalue weighted by Crippen LogP contribution is -2.49. The summed E-state index contributed by atoms with van der Waals surface area (Å²) in [6.07, 6.45) is 9.33. The molecule has 6 aromatic carbocycles. The van der Waals surface area contributed by atoms with E-state index in [2.05, 4.69) is 167 Å². The summed E-state index contributed by atoms with van der Waals surface area (Å²) in [5, 5.41) is 2.14. The Labute approximate surface area is 367 Å². The van der Waals surface area contributed by atoms with E-state index in [-0.39, 0.29) is 0 Å². The molecule has 0 fully saturated rings. The highest BCUT2D eigenvalue weighted by atomic mass is 16.7. The van der Waals surface area contributed by atoms with Crippen LogP contribution in [0.1, 0.15) is 22.3 Å². The van der Waals surface area contributed by atoms with E-state index in [0.717, 1.165) is 101 Å². The van der Waals surface area contributed by atoms with Crippen molar-refractivity contribution >= 4 is 39.1 Å². The second-order valence-corrected chi connectivity index (χ2v) is 16.6. The van der Waals surface area contributed by atoms with Crippen molar-refractivity contribution in [2.24, 2.45) is 0 Å². The molecule has 6 heterocycles. The lowest BCUT2D eigenvalue weighted by atomic mass is 9.71. The summed E-state index contributed by atoms with van der Waals surface area (Å²) < 4.78 is 8.29. The first-order chi connectivity index (χ1) is 31.7. The van der Waals surface area contributed by atoms with Crippen LogP contribution in [-0.4, -0.2) is 15.0 Å². The molecular formula is C57H34N5O2+. The number of rotatable bonds is 4. The topological polar surface area (TPSA) is 68.2 Å². The highest BCUT2D eigenvalue weighted by molar-refractivity contribution is 6.07. The number of aromatic nitrogens is 4. The van der Waals surface area contributed by atoms with Crippen LogP contribution in [0.2, 0.25) is 0 Å². The van der Waals surface area contributed by atoms with Gasteiger partial charge in [0, 0.05) is 58.9 Å². The molecule has 1 aliphatic heterocycles. The summed E-state index contributed by atoms with van der Waals surface area (Å²) in [7, 11) is 0. The number of fused-ring (bicyclic) bond motifs is 16. The molecular weight excluding hydrogens is 787 g/mol. The van der Waals surface area contributed by atoms with Gasteiger partial charge >= 0.3 is 5.82 Å². The Morgan fingerprint density at radius 2 is 1.16 bits per heavy atom. The molecule has 11 aromatic rings. The summed E-state index contributed by atoms with van der Waals surface area (Å²) in [5.74, 6) is 1.62. The van der Waals surface area contributed by atoms with Crippen molar-refractivity contribution in [3.8, 4) is 61.6 Å². The lowest BCUT2D eigenvalue weighted by Gasteiger charge is -2.30. The van der Waals surface area contributed by atoms with Crippen LogP contribution in [0.15, 0.2) is 211 Å². The highest BCUT2D eigenvalue weighted by Crippen LogP contribution is 2.63. The zero-order valence-electron chi connectivity index (χ0n) is 34.2. The number of benzene rings is 6. The van der Waals surface area contributed by atoms with Gasteiger partial charge in [-0.05, 0) is 151 Å². The normalized spacial score (nSPS) is 15.0. The summed E-state index contributed by atoms with van der Waals surface area (Å²) in [6.45, 7) is 0. The third kappa shape index (κ3) is 4.75. The fourth-order valence-corrected chi connectivity index (χ4v) is 10.8. The molecule has 1 spiro atoms. The predicted octanol–water partition coefficient (Wildman–Crippen LogP) is 13.0. The van der Waals surface area contributed by atoms with Gasteiger partial charge in [-0.25, -0.2) is 0 Å². The van der Waals surface area contributed by atoms with E-state index in [1.54, 1.807) is 0 Å². The molecule has 0 bridgehead atoms. The van der Waals surface area contributed by atoms with Gasteiger partial charge in [0.15, 0.2) is 5.69 Å². The second kappa shape index (κ2) is 13.2. The molecule has 3 aliphatic rings. The van der Waals surface area contributed by atoms with Gasteiger partial charge < -0.3 is 4.42 Å². The van der Waals surface area contributed by atoms with Crippen molar-refractivity contribution in [2.45, 2.75) is 5.41 Å². The maximum atomic E-state index is 7.06. The van der Waals surface area contributed by atoms with Crippen LogP contribution in [0.5, 0.6) is 5.75 Å². The molecule has 7 nitrogen and oxygen atoms in total. The van der Waals surface area contributed by atoms with Crippen LogP contribution in [-0.2, 0) is 5.41 Å². The minimum absolute atomic E-state index is 0.681. The van der Waals surface area contributed by atoms with Crippen molar-refractivity contribution in [3.63, 3.8) is 0 Å². The lowest BCUT2D eigenvalue weighted by molar-refractivity contribution is -0.857. The zero-order valence-corrected chi connectivity index (χ0v) is 34.2. The highest BCUT2D eigenvalue weighted by Gasteiger charge is 2.56. The Kier molecular flexibility index (Phi) is 7.19. The minimum atomic E-state index is -0.681. The molecule has 298 valence electrons. The SMILES string of the molecule is c1ccc2c(c1)O[n+]1c(ccc3c1-c1ncccc1C31c3ccccc3-c3c(-c4cc(-c5ccncc5)cc(-c5ccncc5)c4)cccc31)N2c1ccc2oc3ccccc3c2c1. The molecule has 0 N–H and O–H groups in total. The summed E-state index contributed by atoms with van der Waals surface area (Å²) in [6, 6.07) is 62.7. The van der Waals surface area contributed by atoms with Crippen LogP contribution < -0.4 is 14.5 Å². The smallest absolute Gasteiger partial charge is 0.327 e. The van der Waals surface area contributed by atoms with Crippen LogP contribution in [0, 0.1) is 0 Å². The zero-order chi connectivity index (χ0) is 41.9. The molecule has 7 heteroatoms. The summed E-state index contributed by atoms with van der Waals surface area (Å²) in [4.78, 5) is 23.2. The molecule has 1 unspecified atom stereocenters. The molecule has 5 aromatic heterocycles. The van der Waals surface area contributed by atoms with Crippen molar-refractivity contribution < 1.29 is 14.0 Å². The van der Waals surface area contributed by atoms with Gasteiger partial charge in [0.05, 0.1) is 5.41 Å². The number of anilines is 3. The fraction of sp³-hybridized carbons (Fsp3) is 0.0175. The van der Waals surface area contributed by atoms with E-state index in [4.69, 9.17) is 14.2 Å². The molecule has 14 rings (SSSR count). The fourth-order valence-electron chi connectivity index (χ4n) is 10.8. The van der Waals surface area contributed by atoms with E-state index in [0.29, 0.717) is 0 Å². The Hall–Kier alpha value is -8.68. The van der Waals surface area contributed by atoms with E-state index in [1.165, 1.54) is 22.3 Å². The third-order valence-corrected chi connectivity index (χ3v) is 13.4. The average molecular weight is 821 g/mol. The van der Waals surface area contributed by atoms with Crippen molar-refractivity contribution in [3.05, 3.63) is 229 Å². The van der Waals surface area contributed by atoms with Crippen molar-refractivity contribution in [1.29, 1.82) is 0 Å². The first kappa shape index (κ1) is 35.0. The average Bonchev–Trinajstić information content (AvgIpc) is 4.00. The van der Waals surface area contributed by atoms with E-state index >= 15 is 0 Å². The van der Waals surface area contributed by atoms with Gasteiger partial charge in [0.1, 0.15) is 22.5 Å². The Morgan fingerprint density at radius 1 is 0.469 bits per heavy atom. The van der Waals surface area contributed by atoms with E-state index in [1.807, 2.05) is 60.0 Å². The largest absolute Gasteiger partial charge is 0.456 e. The van der Waals surface area contributed by atoms with Gasteiger partial charge in [-0.2, -0.15) is 4.90 Å². The van der Waals surface area contributed by atoms with Crippen LogP contribution in [0.3, 0.4) is 0 Å². The summed E-state index contributed by atoms with van der Waals surface area (Å²) in [5.41, 5.74) is 18.6. The molecule has 64 heavy (non-hydrogen) atoms. The first-order valence-corrected chi connectivity index (χ1v) is 21.5. The van der Waals surface area contributed by atoms with Gasteiger partial charge in [0.2, 0.25) is 11.4 Å². The Bertz CT molecular complexity index is 3680. The van der Waals surface area contributed by atoms with Gasteiger partial charge in [-0.1, -0.05) is 78.9 Å². The van der Waals surface area contributed by atoms with E-state index < -0.39 is 5.41 Å². The number of nitrogens with zero attached hydrogens (tertiary/aromatic N) is 5. The predicted molar refractivity (Wildman–Crippen MR) is 251 cm³/mol. The van der Waals surface area contributed by atoms with Crippen LogP contribution in [0.25, 0.3) is 77.8 Å². The number of para-hydroxylation sites is 3. The Morgan fingerprint density at radius 3 is 2.00 bits per heavy atom.